The van der Waals surface area contributed by atoms with Crippen LogP contribution in [0.25, 0.3) is 0 Å². The van der Waals surface area contributed by atoms with E-state index in [1.54, 1.807) is 0 Å². The number of nitrogens with two attached hydrogens (primary N) is 1. The van der Waals surface area contributed by atoms with Crippen LogP contribution >= 0.6 is 7.82 Å². The molecule has 0 aromatic rings. The number of hydrogen-bond acceptors (Lipinski definition) is 5. The van der Waals surface area contributed by atoms with Crippen molar-refractivity contribution in [3.63, 3.8) is 0 Å². The molecule has 0 saturated carbocycles. The molecule has 1 saturated heterocycles. The van der Waals surface area contributed by atoms with Crippen LogP contribution in [0.3, 0.4) is 0 Å². The Morgan fingerprint density at radius 1 is 1.50 bits per heavy atom. The molecule has 6 heteroatoms. The second-order valence-electron chi connectivity index (χ2n) is 1.74. The predicted octanol–water partition coefficient (Wildman–Crippen LogP) is 0.117. The van der Waals surface area contributed by atoms with Gasteiger partial charge in [-0.1, -0.05) is 0 Å². The Bertz CT molecular complexity index is 140. The summed E-state index contributed by atoms with van der Waals surface area (Å²) >= 11 is 0. The monoisotopic (exact) mass is 167 g/mol. The smallest absolute Gasteiger partial charge is 0.328 e. The molecule has 1 aliphatic rings. The maximum Gasteiger partial charge on any atom is 0.474 e. The summed E-state index contributed by atoms with van der Waals surface area (Å²) in [4.78, 5) is 0. The lowest BCUT2D eigenvalue weighted by Crippen LogP contribution is -2.07. The lowest BCUT2D eigenvalue weighted by atomic mass is 10.8. The zero-order chi connectivity index (χ0) is 7.45. The third-order valence-corrected chi connectivity index (χ3v) is 2.45. The molecule has 10 heavy (non-hydrogen) atoms. The molecule has 1 heterocycles. The van der Waals surface area contributed by atoms with E-state index in [1.807, 2.05) is 0 Å². The first-order valence-corrected chi connectivity index (χ1v) is 4.47. The van der Waals surface area contributed by atoms with Gasteiger partial charge in [-0.2, -0.15) is 0 Å². The van der Waals surface area contributed by atoms with Crippen molar-refractivity contribution in [2.75, 3.05) is 26.4 Å². The molecule has 0 amide bonds. The summed E-state index contributed by atoms with van der Waals surface area (Å²) in [5.41, 5.74) is 5.11. The highest BCUT2D eigenvalue weighted by Crippen LogP contribution is 2.52. The van der Waals surface area contributed by atoms with Gasteiger partial charge in [0.25, 0.3) is 0 Å². The van der Waals surface area contributed by atoms with Gasteiger partial charge in [0.15, 0.2) is 0 Å². The first kappa shape index (κ1) is 8.17. The van der Waals surface area contributed by atoms with Crippen LogP contribution in [0.2, 0.25) is 0 Å². The Balaban J connectivity index is 2.29. The predicted molar refractivity (Wildman–Crippen MR) is 34.5 cm³/mol. The lowest BCUT2D eigenvalue weighted by Gasteiger charge is -2.07. The van der Waals surface area contributed by atoms with E-state index in [9.17, 15) is 4.57 Å². The van der Waals surface area contributed by atoms with Gasteiger partial charge < -0.3 is 5.73 Å². The fourth-order valence-corrected chi connectivity index (χ4v) is 1.72. The number of phosphoric ester groups is 1. The van der Waals surface area contributed by atoms with Gasteiger partial charge in [0.2, 0.25) is 0 Å². The maximum atomic E-state index is 11.0. The summed E-state index contributed by atoms with van der Waals surface area (Å²) in [5, 5.41) is 0. The first-order valence-electron chi connectivity index (χ1n) is 3.00. The molecule has 5 nitrogen and oxygen atoms in total. The zero-order valence-electron chi connectivity index (χ0n) is 5.49. The van der Waals surface area contributed by atoms with Crippen molar-refractivity contribution in [3.05, 3.63) is 0 Å². The Morgan fingerprint density at radius 3 is 2.60 bits per heavy atom. The highest BCUT2D eigenvalue weighted by atomic mass is 31.2. The molecule has 1 aliphatic heterocycles. The van der Waals surface area contributed by atoms with Crippen molar-refractivity contribution in [2.45, 2.75) is 0 Å². The van der Waals surface area contributed by atoms with Crippen LogP contribution in [0, 0.1) is 0 Å². The summed E-state index contributed by atoms with van der Waals surface area (Å²) in [6.07, 6.45) is 0. The molecular weight excluding hydrogens is 157 g/mol. The van der Waals surface area contributed by atoms with E-state index in [1.165, 1.54) is 0 Å². The van der Waals surface area contributed by atoms with E-state index in [0.29, 0.717) is 19.8 Å². The topological polar surface area (TPSA) is 70.8 Å². The van der Waals surface area contributed by atoms with Crippen LogP contribution in [-0.4, -0.2) is 26.4 Å². The van der Waals surface area contributed by atoms with Crippen LogP contribution in [0.4, 0.5) is 0 Å². The zero-order valence-corrected chi connectivity index (χ0v) is 6.38. The molecule has 1 fully saturated rings. The van der Waals surface area contributed by atoms with E-state index < -0.39 is 7.82 Å². The molecule has 0 radical (unpaired) electrons. The largest absolute Gasteiger partial charge is 0.474 e. The van der Waals surface area contributed by atoms with Gasteiger partial charge in [0, 0.05) is 6.54 Å². The van der Waals surface area contributed by atoms with Gasteiger partial charge in [-0.25, -0.2) is 4.57 Å². The van der Waals surface area contributed by atoms with Crippen molar-refractivity contribution < 1.29 is 18.1 Å². The highest BCUT2D eigenvalue weighted by Gasteiger charge is 2.31. The molecule has 0 aliphatic carbocycles. The quantitative estimate of drug-likeness (QED) is 0.604. The van der Waals surface area contributed by atoms with Crippen LogP contribution in [-0.2, 0) is 18.1 Å². The second-order valence-corrected chi connectivity index (χ2v) is 3.40. The van der Waals surface area contributed by atoms with E-state index in [4.69, 9.17) is 19.3 Å². The van der Waals surface area contributed by atoms with Crippen molar-refractivity contribution in [1.82, 2.24) is 0 Å². The van der Waals surface area contributed by atoms with Gasteiger partial charge in [-0.05, 0) is 0 Å². The van der Waals surface area contributed by atoms with Crippen molar-refractivity contribution >= 4 is 7.82 Å². The second kappa shape index (κ2) is 3.46. The molecule has 0 spiro atoms. The maximum absolute atomic E-state index is 11.0. The van der Waals surface area contributed by atoms with Crippen LogP contribution in [0.15, 0.2) is 0 Å². The summed E-state index contributed by atoms with van der Waals surface area (Å²) < 4.78 is 25.2. The minimum Gasteiger partial charge on any atom is -0.328 e. The Kier molecular flexibility index (Phi) is 2.82. The van der Waals surface area contributed by atoms with Gasteiger partial charge in [0.1, 0.15) is 0 Å². The highest BCUT2D eigenvalue weighted by molar-refractivity contribution is 7.48. The summed E-state index contributed by atoms with van der Waals surface area (Å²) in [6, 6.07) is 0. The molecule has 2 N–H and O–H groups in total. The summed E-state index contributed by atoms with van der Waals surface area (Å²) in [7, 11) is -3.17. The van der Waals surface area contributed by atoms with Crippen LogP contribution in [0.5, 0.6) is 0 Å². The number of hydrogen-bond donors (Lipinski definition) is 1. The van der Waals surface area contributed by atoms with Crippen LogP contribution in [0.1, 0.15) is 0 Å². The standard InChI is InChI=1S/C4H10NO4P/c5-1-2-7-10(6)8-3-4-9-10/h1-5H2. The lowest BCUT2D eigenvalue weighted by molar-refractivity contribution is 0.195. The fourth-order valence-electron chi connectivity index (χ4n) is 0.574. The average Bonchev–Trinajstić information content (AvgIpc) is 2.33. The van der Waals surface area contributed by atoms with Gasteiger partial charge >= 0.3 is 7.82 Å². The van der Waals surface area contributed by atoms with E-state index in [-0.39, 0.29) is 6.61 Å². The summed E-state index contributed by atoms with van der Waals surface area (Å²) in [6.45, 7) is 1.19. The molecule has 0 unspecified atom stereocenters. The SMILES string of the molecule is NCCOP1(=O)OCCO1. The Morgan fingerprint density at radius 2 is 2.10 bits per heavy atom. The Labute approximate surface area is 59.1 Å². The summed E-state index contributed by atoms with van der Waals surface area (Å²) in [5.74, 6) is 0. The van der Waals surface area contributed by atoms with E-state index >= 15 is 0 Å². The molecule has 0 bridgehead atoms. The first-order chi connectivity index (χ1) is 4.77. The van der Waals surface area contributed by atoms with Crippen LogP contribution < -0.4 is 5.73 Å². The number of rotatable bonds is 3. The molecule has 0 atom stereocenters. The van der Waals surface area contributed by atoms with Gasteiger partial charge in [-0.15, -0.1) is 0 Å². The molecule has 0 aromatic carbocycles. The van der Waals surface area contributed by atoms with Crippen molar-refractivity contribution in [2.24, 2.45) is 5.73 Å². The molecule has 1 rings (SSSR count). The van der Waals surface area contributed by atoms with E-state index in [2.05, 4.69) is 0 Å². The third-order valence-electron chi connectivity index (χ3n) is 0.949. The van der Waals surface area contributed by atoms with E-state index in [0.717, 1.165) is 0 Å². The molecular formula is C4H10NO4P. The molecule has 0 aromatic heterocycles. The average molecular weight is 167 g/mol. The van der Waals surface area contributed by atoms with Crippen molar-refractivity contribution in [1.29, 1.82) is 0 Å². The minimum absolute atomic E-state index is 0.206. The van der Waals surface area contributed by atoms with Gasteiger partial charge in [0.05, 0.1) is 19.8 Å². The number of phosphoric acid groups is 1. The third kappa shape index (κ3) is 2.04. The molecule has 60 valence electrons. The normalized spacial score (nSPS) is 23.3. The Hall–Kier alpha value is 0.0700. The minimum atomic E-state index is -3.17. The fraction of sp³-hybridized carbons (Fsp3) is 1.00. The van der Waals surface area contributed by atoms with Gasteiger partial charge in [-0.3, -0.25) is 13.6 Å². The van der Waals surface area contributed by atoms with Crippen molar-refractivity contribution in [3.8, 4) is 0 Å².